The zero-order valence-corrected chi connectivity index (χ0v) is 9.27. The third kappa shape index (κ3) is 1.36. The van der Waals surface area contributed by atoms with Crippen LogP contribution < -0.4 is 5.32 Å². The molecule has 0 radical (unpaired) electrons. The fourth-order valence-corrected chi connectivity index (χ4v) is 2.28. The maximum Gasteiger partial charge on any atom is 0.132 e. The topological polar surface area (TPSA) is 58.5 Å². The van der Waals surface area contributed by atoms with Crippen LogP contribution in [0.25, 0.3) is 0 Å². The monoisotopic (exact) mass is 217 g/mol. The Kier molecular flexibility index (Phi) is 2.25. The number of hydrogen-bond donors (Lipinski definition) is 2. The van der Waals surface area contributed by atoms with Gasteiger partial charge in [-0.3, -0.25) is 0 Å². The van der Waals surface area contributed by atoms with E-state index in [2.05, 4.69) is 31.8 Å². The Hall–Kier alpha value is -1.62. The van der Waals surface area contributed by atoms with Gasteiger partial charge >= 0.3 is 0 Å². The molecule has 1 atom stereocenters. The lowest BCUT2D eigenvalue weighted by Crippen LogP contribution is -2.32. The summed E-state index contributed by atoms with van der Waals surface area (Å²) in [5.41, 5.74) is 2.32. The summed E-state index contributed by atoms with van der Waals surface area (Å²) in [7, 11) is 0. The van der Waals surface area contributed by atoms with Crippen LogP contribution in [0.15, 0.2) is 18.7 Å². The lowest BCUT2D eigenvalue weighted by molar-refractivity contribution is 0.507. The van der Waals surface area contributed by atoms with Gasteiger partial charge in [-0.2, -0.15) is 0 Å². The van der Waals surface area contributed by atoms with Crippen LogP contribution in [0.5, 0.6) is 0 Å². The molecule has 2 aromatic rings. The average molecular weight is 217 g/mol. The van der Waals surface area contributed by atoms with E-state index < -0.39 is 0 Å². The highest BCUT2D eigenvalue weighted by Crippen LogP contribution is 2.24. The molecule has 0 saturated heterocycles. The van der Waals surface area contributed by atoms with E-state index in [9.17, 15) is 0 Å². The molecule has 1 unspecified atom stereocenters. The van der Waals surface area contributed by atoms with Gasteiger partial charge in [-0.05, 0) is 6.92 Å². The van der Waals surface area contributed by atoms with Crippen molar-refractivity contribution in [3.05, 3.63) is 35.9 Å². The summed E-state index contributed by atoms with van der Waals surface area (Å²) in [4.78, 5) is 12.0. The van der Waals surface area contributed by atoms with Gasteiger partial charge in [0.05, 0.1) is 12.0 Å². The number of nitrogens with zero attached hydrogens (tertiary/aromatic N) is 3. The average Bonchev–Trinajstić information content (AvgIpc) is 2.96. The van der Waals surface area contributed by atoms with Crippen molar-refractivity contribution >= 4 is 0 Å². The van der Waals surface area contributed by atoms with Gasteiger partial charge in [0.1, 0.15) is 11.9 Å². The smallest absolute Gasteiger partial charge is 0.132 e. The summed E-state index contributed by atoms with van der Waals surface area (Å²) in [5, 5.41) is 3.47. The molecular formula is C11H15N5. The van der Waals surface area contributed by atoms with Gasteiger partial charge in [0.2, 0.25) is 0 Å². The summed E-state index contributed by atoms with van der Waals surface area (Å²) in [6, 6.07) is 0.130. The van der Waals surface area contributed by atoms with Gasteiger partial charge < -0.3 is 14.9 Å². The van der Waals surface area contributed by atoms with Gasteiger partial charge in [0, 0.05) is 37.6 Å². The molecule has 0 spiro atoms. The Balaban J connectivity index is 2.04. The third-order valence-electron chi connectivity index (χ3n) is 3.10. The van der Waals surface area contributed by atoms with Crippen molar-refractivity contribution in [3.8, 4) is 0 Å². The van der Waals surface area contributed by atoms with Crippen molar-refractivity contribution in [2.75, 3.05) is 6.54 Å². The fraction of sp³-hybridized carbons (Fsp3) is 0.455. The lowest BCUT2D eigenvalue weighted by Gasteiger charge is -2.23. The van der Waals surface area contributed by atoms with E-state index in [1.54, 1.807) is 6.33 Å². The molecule has 0 amide bonds. The van der Waals surface area contributed by atoms with Crippen LogP contribution in [0.1, 0.15) is 30.2 Å². The number of aromatic nitrogens is 4. The van der Waals surface area contributed by atoms with Crippen molar-refractivity contribution < 1.29 is 0 Å². The molecule has 3 rings (SSSR count). The van der Waals surface area contributed by atoms with E-state index in [1.165, 1.54) is 5.69 Å². The predicted molar refractivity (Wildman–Crippen MR) is 60.0 cm³/mol. The highest BCUT2D eigenvalue weighted by atomic mass is 15.1. The van der Waals surface area contributed by atoms with E-state index in [0.717, 1.165) is 31.0 Å². The Bertz CT molecular complexity index is 484. The van der Waals surface area contributed by atoms with Crippen LogP contribution in [-0.4, -0.2) is 26.1 Å². The van der Waals surface area contributed by atoms with E-state index in [0.29, 0.717) is 0 Å². The van der Waals surface area contributed by atoms with Crippen LogP contribution in [-0.2, 0) is 13.0 Å². The van der Waals surface area contributed by atoms with E-state index >= 15 is 0 Å². The van der Waals surface area contributed by atoms with Crippen molar-refractivity contribution in [2.24, 2.45) is 0 Å². The molecule has 1 aliphatic heterocycles. The van der Waals surface area contributed by atoms with Crippen molar-refractivity contribution in [3.63, 3.8) is 0 Å². The lowest BCUT2D eigenvalue weighted by atomic mass is 10.1. The molecule has 2 aromatic heterocycles. The normalized spacial score (nSPS) is 19.7. The quantitative estimate of drug-likeness (QED) is 0.784. The van der Waals surface area contributed by atoms with Gasteiger partial charge in [0.25, 0.3) is 0 Å². The zero-order chi connectivity index (χ0) is 11.0. The highest BCUT2D eigenvalue weighted by molar-refractivity contribution is 5.25. The second-order valence-electron chi connectivity index (χ2n) is 3.97. The molecule has 84 valence electrons. The Morgan fingerprint density at radius 1 is 1.50 bits per heavy atom. The largest absolute Gasteiger partial charge is 0.348 e. The molecular weight excluding hydrogens is 202 g/mol. The predicted octanol–water partition coefficient (Wildman–Crippen LogP) is 0.861. The van der Waals surface area contributed by atoms with Crippen molar-refractivity contribution in [1.82, 2.24) is 24.8 Å². The number of aromatic amines is 1. The molecule has 5 nitrogen and oxygen atoms in total. The number of rotatable bonds is 2. The van der Waals surface area contributed by atoms with Crippen LogP contribution in [0.4, 0.5) is 0 Å². The minimum absolute atomic E-state index is 0.130. The first-order valence-electron chi connectivity index (χ1n) is 5.66. The van der Waals surface area contributed by atoms with Gasteiger partial charge in [0.15, 0.2) is 0 Å². The Morgan fingerprint density at radius 2 is 2.44 bits per heavy atom. The number of hydrogen-bond acceptors (Lipinski definition) is 3. The van der Waals surface area contributed by atoms with Crippen LogP contribution >= 0.6 is 0 Å². The number of H-pyrrole nitrogens is 1. The van der Waals surface area contributed by atoms with Gasteiger partial charge in [-0.25, -0.2) is 9.97 Å². The molecule has 0 fully saturated rings. The molecule has 1 aliphatic rings. The Labute approximate surface area is 93.9 Å². The van der Waals surface area contributed by atoms with Crippen LogP contribution in [0.3, 0.4) is 0 Å². The summed E-state index contributed by atoms with van der Waals surface area (Å²) in [6.07, 6.45) is 6.64. The highest BCUT2D eigenvalue weighted by Gasteiger charge is 2.26. The van der Waals surface area contributed by atoms with E-state index in [4.69, 9.17) is 0 Å². The molecule has 0 saturated carbocycles. The van der Waals surface area contributed by atoms with Gasteiger partial charge in [-0.1, -0.05) is 0 Å². The second-order valence-corrected chi connectivity index (χ2v) is 3.97. The summed E-state index contributed by atoms with van der Waals surface area (Å²) < 4.78 is 2.15. The third-order valence-corrected chi connectivity index (χ3v) is 3.10. The molecule has 0 aliphatic carbocycles. The molecule has 16 heavy (non-hydrogen) atoms. The number of imidazole rings is 2. The fourth-order valence-electron chi connectivity index (χ4n) is 2.28. The second kappa shape index (κ2) is 3.75. The number of aryl methyl sites for hydroxylation is 1. The molecule has 2 N–H and O–H groups in total. The maximum atomic E-state index is 4.44. The molecule has 0 bridgehead atoms. The minimum Gasteiger partial charge on any atom is -0.348 e. The maximum absolute atomic E-state index is 4.44. The zero-order valence-electron chi connectivity index (χ0n) is 9.27. The molecule has 3 heterocycles. The first-order chi connectivity index (χ1) is 7.90. The number of fused-ring (bicyclic) bond motifs is 1. The first kappa shape index (κ1) is 9.59. The van der Waals surface area contributed by atoms with Gasteiger partial charge in [-0.15, -0.1) is 0 Å². The molecule has 5 heteroatoms. The summed E-state index contributed by atoms with van der Waals surface area (Å²) in [5.74, 6) is 1.05. The van der Waals surface area contributed by atoms with E-state index in [-0.39, 0.29) is 6.04 Å². The standard InChI is InChI=1S/C11H15N5/c1-2-16-6-5-13-11(16)10-9-8(3-4-12-10)14-7-15-9/h5-7,10,12H,2-4H2,1H3,(H,14,15). The van der Waals surface area contributed by atoms with Crippen molar-refractivity contribution in [2.45, 2.75) is 25.9 Å². The van der Waals surface area contributed by atoms with Crippen LogP contribution in [0.2, 0.25) is 0 Å². The Morgan fingerprint density at radius 3 is 3.31 bits per heavy atom. The minimum atomic E-state index is 0.130. The SMILES string of the molecule is CCn1ccnc1C1NCCc2[nH]cnc21. The number of nitrogens with one attached hydrogen (secondary N) is 2. The van der Waals surface area contributed by atoms with Crippen molar-refractivity contribution in [1.29, 1.82) is 0 Å². The van der Waals surface area contributed by atoms with E-state index in [1.807, 2.05) is 12.4 Å². The van der Waals surface area contributed by atoms with Crippen LogP contribution in [0, 0.1) is 0 Å². The summed E-state index contributed by atoms with van der Waals surface area (Å²) >= 11 is 0. The molecule has 0 aromatic carbocycles. The summed E-state index contributed by atoms with van der Waals surface area (Å²) in [6.45, 7) is 4.03. The first-order valence-corrected chi connectivity index (χ1v) is 5.66.